The number of ketones is 1. The van der Waals surface area contributed by atoms with E-state index in [2.05, 4.69) is 4.98 Å². The zero-order valence-electron chi connectivity index (χ0n) is 14.3. The highest BCUT2D eigenvalue weighted by atomic mass is 32.2. The third-order valence-corrected chi connectivity index (χ3v) is 5.14. The summed E-state index contributed by atoms with van der Waals surface area (Å²) in [6, 6.07) is 1.71. The van der Waals surface area contributed by atoms with E-state index in [0.29, 0.717) is 17.0 Å². The summed E-state index contributed by atoms with van der Waals surface area (Å²) >= 11 is 1.37. The fraction of sp³-hybridized carbons (Fsp3) is 0.294. The fourth-order valence-corrected chi connectivity index (χ4v) is 3.47. The number of hydrogen-bond acceptors (Lipinski definition) is 7. The second kappa shape index (κ2) is 6.83. The van der Waals surface area contributed by atoms with Crippen molar-refractivity contribution < 1.29 is 14.7 Å². The number of hydrogen-bond donors (Lipinski definition) is 2. The first-order valence-corrected chi connectivity index (χ1v) is 8.86. The first kappa shape index (κ1) is 18.0. The van der Waals surface area contributed by atoms with E-state index < -0.39 is 11.4 Å². The van der Waals surface area contributed by atoms with Crippen LogP contribution in [0.1, 0.15) is 28.2 Å². The van der Waals surface area contributed by atoms with Gasteiger partial charge in [0.15, 0.2) is 5.78 Å². The quantitative estimate of drug-likeness (QED) is 0.808. The maximum absolute atomic E-state index is 12.7. The Morgan fingerprint density at radius 1 is 1.42 bits per heavy atom. The molecular formula is C17H18N4O4S. The van der Waals surface area contributed by atoms with Crippen LogP contribution in [0.5, 0.6) is 0 Å². The van der Waals surface area contributed by atoms with Crippen LogP contribution < -0.4 is 16.1 Å². The Balaban J connectivity index is 2.27. The zero-order valence-corrected chi connectivity index (χ0v) is 15.1. The van der Waals surface area contributed by atoms with E-state index in [1.807, 2.05) is 11.8 Å². The van der Waals surface area contributed by atoms with Crippen LogP contribution in [-0.4, -0.2) is 39.5 Å². The molecule has 136 valence electrons. The summed E-state index contributed by atoms with van der Waals surface area (Å²) in [6.07, 6.45) is 2.70. The minimum absolute atomic E-state index is 0.125. The maximum atomic E-state index is 12.7. The van der Waals surface area contributed by atoms with E-state index in [-0.39, 0.29) is 35.2 Å². The average molecular weight is 374 g/mol. The minimum atomic E-state index is -1.28. The first-order valence-electron chi connectivity index (χ1n) is 7.92. The fourth-order valence-electron chi connectivity index (χ4n) is 2.86. The lowest BCUT2D eigenvalue weighted by Gasteiger charge is -2.31. The van der Waals surface area contributed by atoms with E-state index in [4.69, 9.17) is 5.73 Å². The Labute approximate surface area is 153 Å². The summed E-state index contributed by atoms with van der Waals surface area (Å²) in [7, 11) is 0. The molecule has 1 fully saturated rings. The lowest BCUT2D eigenvalue weighted by atomic mass is 10.1. The summed E-state index contributed by atoms with van der Waals surface area (Å²) in [5.74, 6) is -0.563. The van der Waals surface area contributed by atoms with Gasteiger partial charge in [-0.15, -0.1) is 11.8 Å². The van der Waals surface area contributed by atoms with Crippen molar-refractivity contribution in [3.63, 3.8) is 0 Å². The summed E-state index contributed by atoms with van der Waals surface area (Å²) < 4.78 is 1.66. The second-order valence-electron chi connectivity index (χ2n) is 6.04. The number of anilines is 1. The van der Waals surface area contributed by atoms with Crippen molar-refractivity contribution in [2.75, 3.05) is 18.0 Å². The summed E-state index contributed by atoms with van der Waals surface area (Å²) in [4.78, 5) is 41.8. The molecule has 0 saturated carbocycles. The Morgan fingerprint density at radius 2 is 2.12 bits per heavy atom. The minimum Gasteiger partial charge on any atom is -0.477 e. The lowest BCUT2D eigenvalue weighted by Crippen LogP contribution is -2.47. The van der Waals surface area contributed by atoms with Crippen LogP contribution in [0.2, 0.25) is 0 Å². The van der Waals surface area contributed by atoms with Gasteiger partial charge >= 0.3 is 5.97 Å². The molecule has 1 atom stereocenters. The number of nitrogens with two attached hydrogens (primary N) is 1. The molecule has 26 heavy (non-hydrogen) atoms. The number of carboxylic acids is 1. The average Bonchev–Trinajstić information content (AvgIpc) is 2.56. The van der Waals surface area contributed by atoms with Crippen LogP contribution in [0.3, 0.4) is 0 Å². The van der Waals surface area contributed by atoms with Crippen molar-refractivity contribution in [3.8, 4) is 0 Å². The largest absolute Gasteiger partial charge is 0.477 e. The van der Waals surface area contributed by atoms with Gasteiger partial charge in [0.05, 0.1) is 23.8 Å². The number of aromatic carboxylic acids is 1. The molecule has 3 N–H and O–H groups in total. The molecule has 2 aromatic rings. The van der Waals surface area contributed by atoms with Gasteiger partial charge in [0, 0.05) is 12.4 Å². The Kier molecular flexibility index (Phi) is 4.73. The second-order valence-corrected chi connectivity index (χ2v) is 7.27. The van der Waals surface area contributed by atoms with E-state index in [1.165, 1.54) is 24.2 Å². The molecule has 8 nitrogen and oxygen atoms in total. The molecule has 1 saturated heterocycles. The highest BCUT2D eigenvalue weighted by Gasteiger charge is 2.27. The SMILES string of the molecule is Cc1cc(N2CC(=O)C2)nc2c1c(=O)c(C(=O)O)cn2C(C)S/C=C\N. The van der Waals surface area contributed by atoms with Gasteiger partial charge in [0.25, 0.3) is 0 Å². The highest BCUT2D eigenvalue weighted by molar-refractivity contribution is 8.02. The number of carbonyl (C=O) groups excluding carboxylic acids is 1. The molecular weight excluding hydrogens is 356 g/mol. The van der Waals surface area contributed by atoms with Crippen LogP contribution in [0.25, 0.3) is 11.0 Å². The molecule has 0 amide bonds. The van der Waals surface area contributed by atoms with E-state index >= 15 is 0 Å². The number of nitrogens with zero attached hydrogens (tertiary/aromatic N) is 3. The van der Waals surface area contributed by atoms with E-state index in [9.17, 15) is 19.5 Å². The summed E-state index contributed by atoms with van der Waals surface area (Å²) in [5, 5.41) is 11.1. The first-order chi connectivity index (χ1) is 12.3. The monoisotopic (exact) mass is 374 g/mol. The number of pyridine rings is 2. The number of carboxylic acid groups (broad SMARTS) is 1. The van der Waals surface area contributed by atoms with Gasteiger partial charge in [0.1, 0.15) is 17.0 Å². The Bertz CT molecular complexity index is 990. The van der Waals surface area contributed by atoms with Gasteiger partial charge < -0.3 is 20.3 Å². The molecule has 1 unspecified atom stereocenters. The topological polar surface area (TPSA) is 119 Å². The van der Waals surface area contributed by atoms with Crippen molar-refractivity contribution in [1.82, 2.24) is 9.55 Å². The van der Waals surface area contributed by atoms with E-state index in [1.54, 1.807) is 23.0 Å². The summed E-state index contributed by atoms with van der Waals surface area (Å²) in [5.41, 5.74) is 5.53. The summed E-state index contributed by atoms with van der Waals surface area (Å²) in [6.45, 7) is 4.17. The molecule has 1 aliphatic rings. The van der Waals surface area contributed by atoms with Gasteiger partial charge in [-0.05, 0) is 30.9 Å². The number of rotatable bonds is 5. The van der Waals surface area contributed by atoms with Gasteiger partial charge in [-0.1, -0.05) is 0 Å². The number of aryl methyl sites for hydroxylation is 1. The molecule has 9 heteroatoms. The predicted molar refractivity (Wildman–Crippen MR) is 101 cm³/mol. The molecule has 3 rings (SSSR count). The third kappa shape index (κ3) is 3.05. The number of carbonyl (C=O) groups is 2. The zero-order chi connectivity index (χ0) is 19.0. The smallest absolute Gasteiger partial charge is 0.341 e. The van der Waals surface area contributed by atoms with Crippen molar-refractivity contribution >= 4 is 40.4 Å². The Hall–Kier alpha value is -2.81. The van der Waals surface area contributed by atoms with Crippen molar-refractivity contribution in [1.29, 1.82) is 0 Å². The molecule has 0 aromatic carbocycles. The molecule has 0 bridgehead atoms. The predicted octanol–water partition coefficient (Wildman–Crippen LogP) is 1.47. The van der Waals surface area contributed by atoms with Gasteiger partial charge in [-0.25, -0.2) is 9.78 Å². The van der Waals surface area contributed by atoms with Crippen LogP contribution in [0, 0.1) is 6.92 Å². The normalized spacial score (nSPS) is 15.5. The lowest BCUT2D eigenvalue weighted by molar-refractivity contribution is -0.119. The molecule has 0 aliphatic carbocycles. The molecule has 0 spiro atoms. The van der Waals surface area contributed by atoms with Crippen LogP contribution in [0.4, 0.5) is 5.82 Å². The maximum Gasteiger partial charge on any atom is 0.341 e. The standard InChI is InChI=1S/C17H18N4O4S/c1-9-5-13(20-6-11(22)7-20)19-16-14(9)15(23)12(17(24)25)8-21(16)10(2)26-4-3-18/h3-5,8,10H,6-7,18H2,1-2H3,(H,24,25)/b4-3-. The van der Waals surface area contributed by atoms with Crippen molar-refractivity contribution in [3.05, 3.63) is 45.2 Å². The highest BCUT2D eigenvalue weighted by Crippen LogP contribution is 2.29. The number of thioether (sulfide) groups is 1. The molecule has 1 aliphatic heterocycles. The number of aromatic nitrogens is 2. The van der Waals surface area contributed by atoms with Gasteiger partial charge in [-0.2, -0.15) is 0 Å². The van der Waals surface area contributed by atoms with Crippen molar-refractivity contribution in [2.45, 2.75) is 19.2 Å². The Morgan fingerprint density at radius 3 is 2.69 bits per heavy atom. The van der Waals surface area contributed by atoms with E-state index in [0.717, 1.165) is 0 Å². The van der Waals surface area contributed by atoms with Crippen LogP contribution in [-0.2, 0) is 4.79 Å². The molecule has 2 aromatic heterocycles. The van der Waals surface area contributed by atoms with Crippen molar-refractivity contribution in [2.24, 2.45) is 5.73 Å². The molecule has 3 heterocycles. The van der Waals surface area contributed by atoms with Gasteiger partial charge in [0.2, 0.25) is 5.43 Å². The molecule has 0 radical (unpaired) electrons. The van der Waals surface area contributed by atoms with Gasteiger partial charge in [-0.3, -0.25) is 9.59 Å². The number of Topliss-reactive ketones (excluding diaryl/α,β-unsaturated/α-hetero) is 1. The number of fused-ring (bicyclic) bond motifs is 1. The van der Waals surface area contributed by atoms with Crippen LogP contribution >= 0.6 is 11.8 Å². The third-order valence-electron chi connectivity index (χ3n) is 4.20. The van der Waals surface area contributed by atoms with Crippen LogP contribution in [0.15, 0.2) is 28.7 Å².